The predicted octanol–water partition coefficient (Wildman–Crippen LogP) is 3.67. The SMILES string of the molecule is CCOc1ccc(Cl)c(C(=O)N2CCC(C(=O)Nc3ccc(Cl)cn3)CC2)n1. The number of pyridine rings is 2. The molecule has 2 aromatic heterocycles. The maximum Gasteiger partial charge on any atom is 0.274 e. The number of ether oxygens (including phenoxy) is 1. The average Bonchev–Trinajstić information content (AvgIpc) is 2.71. The van der Waals surface area contributed by atoms with Crippen LogP contribution >= 0.6 is 23.2 Å². The minimum atomic E-state index is -0.259. The molecule has 0 saturated carbocycles. The van der Waals surface area contributed by atoms with Gasteiger partial charge in [0.05, 0.1) is 16.7 Å². The Morgan fingerprint density at radius 3 is 2.61 bits per heavy atom. The Morgan fingerprint density at radius 2 is 1.96 bits per heavy atom. The van der Waals surface area contributed by atoms with Crippen molar-refractivity contribution in [2.24, 2.45) is 5.92 Å². The van der Waals surface area contributed by atoms with Gasteiger partial charge in [0.2, 0.25) is 11.8 Å². The zero-order valence-corrected chi connectivity index (χ0v) is 16.8. The number of aromatic nitrogens is 2. The van der Waals surface area contributed by atoms with Crippen LogP contribution in [0, 0.1) is 5.92 Å². The second-order valence-corrected chi connectivity index (χ2v) is 7.17. The summed E-state index contributed by atoms with van der Waals surface area (Å²) in [5, 5.41) is 3.57. The molecule has 0 aliphatic carbocycles. The highest BCUT2D eigenvalue weighted by Crippen LogP contribution is 2.24. The fraction of sp³-hybridized carbons (Fsp3) is 0.368. The van der Waals surface area contributed by atoms with Crippen LogP contribution in [-0.2, 0) is 4.79 Å². The third-order valence-electron chi connectivity index (χ3n) is 4.45. The lowest BCUT2D eigenvalue weighted by Crippen LogP contribution is -2.41. The van der Waals surface area contributed by atoms with Crippen molar-refractivity contribution >= 4 is 40.8 Å². The fourth-order valence-electron chi connectivity index (χ4n) is 2.98. The molecule has 9 heteroatoms. The second-order valence-electron chi connectivity index (χ2n) is 6.33. The molecule has 1 aliphatic rings. The molecule has 1 N–H and O–H groups in total. The van der Waals surface area contributed by atoms with E-state index in [1.165, 1.54) is 6.20 Å². The number of rotatable bonds is 5. The molecule has 3 heterocycles. The zero-order chi connectivity index (χ0) is 20.1. The number of carbonyl (C=O) groups is 2. The van der Waals surface area contributed by atoms with E-state index in [0.29, 0.717) is 49.3 Å². The summed E-state index contributed by atoms with van der Waals surface area (Å²) in [6.45, 7) is 3.18. The van der Waals surface area contributed by atoms with E-state index in [0.717, 1.165) is 0 Å². The van der Waals surface area contributed by atoms with Crippen LogP contribution in [0.4, 0.5) is 5.82 Å². The summed E-state index contributed by atoms with van der Waals surface area (Å²) < 4.78 is 5.34. The van der Waals surface area contributed by atoms with Crippen molar-refractivity contribution in [3.63, 3.8) is 0 Å². The molecule has 0 spiro atoms. The zero-order valence-electron chi connectivity index (χ0n) is 15.3. The summed E-state index contributed by atoms with van der Waals surface area (Å²) in [4.78, 5) is 35.1. The first-order valence-corrected chi connectivity index (χ1v) is 9.74. The Bertz CT molecular complexity index is 853. The Kier molecular flexibility index (Phi) is 6.70. The van der Waals surface area contributed by atoms with Crippen molar-refractivity contribution in [2.75, 3.05) is 25.0 Å². The minimum Gasteiger partial charge on any atom is -0.478 e. The summed E-state index contributed by atoms with van der Waals surface area (Å²) in [6.07, 6.45) is 2.58. The van der Waals surface area contributed by atoms with Crippen molar-refractivity contribution in [1.82, 2.24) is 14.9 Å². The van der Waals surface area contributed by atoms with Gasteiger partial charge in [0.1, 0.15) is 5.82 Å². The predicted molar refractivity (Wildman–Crippen MR) is 107 cm³/mol. The maximum absolute atomic E-state index is 12.8. The van der Waals surface area contributed by atoms with E-state index in [9.17, 15) is 9.59 Å². The molecule has 28 heavy (non-hydrogen) atoms. The van der Waals surface area contributed by atoms with E-state index < -0.39 is 0 Å². The largest absolute Gasteiger partial charge is 0.478 e. The van der Waals surface area contributed by atoms with E-state index in [1.54, 1.807) is 29.2 Å². The van der Waals surface area contributed by atoms with Crippen LogP contribution in [0.5, 0.6) is 5.88 Å². The van der Waals surface area contributed by atoms with Crippen molar-refractivity contribution in [3.8, 4) is 5.88 Å². The highest BCUT2D eigenvalue weighted by molar-refractivity contribution is 6.33. The summed E-state index contributed by atoms with van der Waals surface area (Å²) in [7, 11) is 0. The number of likely N-dealkylation sites (tertiary alicyclic amines) is 1. The number of piperidine rings is 1. The molecule has 1 fully saturated rings. The van der Waals surface area contributed by atoms with E-state index in [-0.39, 0.29) is 28.4 Å². The second kappa shape index (κ2) is 9.21. The lowest BCUT2D eigenvalue weighted by molar-refractivity contribution is -0.121. The van der Waals surface area contributed by atoms with Crippen molar-refractivity contribution in [1.29, 1.82) is 0 Å². The first kappa shape index (κ1) is 20.4. The van der Waals surface area contributed by atoms with Crippen molar-refractivity contribution in [3.05, 3.63) is 46.2 Å². The molecule has 2 amide bonds. The van der Waals surface area contributed by atoms with Gasteiger partial charge in [0.25, 0.3) is 5.91 Å². The quantitative estimate of drug-likeness (QED) is 0.794. The topological polar surface area (TPSA) is 84.4 Å². The first-order chi connectivity index (χ1) is 13.5. The van der Waals surface area contributed by atoms with Crippen LogP contribution in [0.3, 0.4) is 0 Å². The number of hydrogen-bond acceptors (Lipinski definition) is 5. The highest BCUT2D eigenvalue weighted by atomic mass is 35.5. The Balaban J connectivity index is 1.58. The first-order valence-electron chi connectivity index (χ1n) is 8.99. The van der Waals surface area contributed by atoms with Gasteiger partial charge in [-0.05, 0) is 38.0 Å². The molecule has 1 saturated heterocycles. The smallest absolute Gasteiger partial charge is 0.274 e. The number of anilines is 1. The lowest BCUT2D eigenvalue weighted by Gasteiger charge is -2.31. The van der Waals surface area contributed by atoms with Crippen molar-refractivity contribution in [2.45, 2.75) is 19.8 Å². The number of hydrogen-bond donors (Lipinski definition) is 1. The number of nitrogens with one attached hydrogen (secondary N) is 1. The third kappa shape index (κ3) is 4.91. The Hall–Kier alpha value is -2.38. The normalized spacial score (nSPS) is 14.6. The average molecular weight is 423 g/mol. The molecule has 0 atom stereocenters. The Labute approximate surface area is 173 Å². The molecule has 3 rings (SSSR count). The van der Waals surface area contributed by atoms with E-state index >= 15 is 0 Å². The number of nitrogens with zero attached hydrogens (tertiary/aromatic N) is 3. The number of carbonyl (C=O) groups excluding carboxylic acids is 2. The molecule has 1 aliphatic heterocycles. The van der Waals surface area contributed by atoms with Gasteiger partial charge in [-0.3, -0.25) is 9.59 Å². The standard InChI is InChI=1S/C19H20Cl2N4O3/c1-2-28-16-6-4-14(21)17(24-16)19(27)25-9-7-12(8-10-25)18(26)23-15-5-3-13(20)11-22-15/h3-6,11-12H,2,7-10H2,1H3,(H,22,23,26). The van der Waals surface area contributed by atoms with Gasteiger partial charge in [0, 0.05) is 31.3 Å². The monoisotopic (exact) mass is 422 g/mol. The molecule has 0 bridgehead atoms. The molecule has 2 aromatic rings. The fourth-order valence-corrected chi connectivity index (χ4v) is 3.27. The van der Waals surface area contributed by atoms with Crippen LogP contribution in [0.25, 0.3) is 0 Å². The van der Waals surface area contributed by atoms with E-state index in [1.807, 2.05) is 6.92 Å². The van der Waals surface area contributed by atoms with Gasteiger partial charge in [-0.25, -0.2) is 9.97 Å². The van der Waals surface area contributed by atoms with E-state index in [4.69, 9.17) is 27.9 Å². The van der Waals surface area contributed by atoms with Gasteiger partial charge in [-0.1, -0.05) is 23.2 Å². The number of amides is 2. The highest BCUT2D eigenvalue weighted by Gasteiger charge is 2.29. The van der Waals surface area contributed by atoms with Crippen molar-refractivity contribution < 1.29 is 14.3 Å². The molecule has 0 radical (unpaired) electrons. The van der Waals surface area contributed by atoms with Crippen LogP contribution in [-0.4, -0.2) is 46.4 Å². The number of halogens is 2. The molecular formula is C19H20Cl2N4O3. The van der Waals surface area contributed by atoms with Crippen LogP contribution in [0.1, 0.15) is 30.3 Å². The lowest BCUT2D eigenvalue weighted by atomic mass is 9.95. The summed E-state index contributed by atoms with van der Waals surface area (Å²) >= 11 is 11.9. The summed E-state index contributed by atoms with van der Waals surface area (Å²) in [6, 6.07) is 6.55. The van der Waals surface area contributed by atoms with Gasteiger partial charge in [0.15, 0.2) is 5.69 Å². The van der Waals surface area contributed by atoms with Gasteiger partial charge >= 0.3 is 0 Å². The third-order valence-corrected chi connectivity index (χ3v) is 4.98. The van der Waals surface area contributed by atoms with Crippen LogP contribution < -0.4 is 10.1 Å². The molecule has 7 nitrogen and oxygen atoms in total. The molecule has 0 aromatic carbocycles. The molecule has 0 unspecified atom stereocenters. The van der Waals surface area contributed by atoms with Gasteiger partial charge in [-0.15, -0.1) is 0 Å². The summed E-state index contributed by atoms with van der Waals surface area (Å²) in [5.41, 5.74) is 0.167. The van der Waals surface area contributed by atoms with Gasteiger partial charge < -0.3 is 15.0 Å². The minimum absolute atomic E-state index is 0.114. The van der Waals surface area contributed by atoms with E-state index in [2.05, 4.69) is 15.3 Å². The van der Waals surface area contributed by atoms with Crippen LogP contribution in [0.2, 0.25) is 10.0 Å². The Morgan fingerprint density at radius 1 is 1.21 bits per heavy atom. The van der Waals surface area contributed by atoms with Gasteiger partial charge in [-0.2, -0.15) is 0 Å². The maximum atomic E-state index is 12.8. The molecular weight excluding hydrogens is 403 g/mol. The molecule has 148 valence electrons. The van der Waals surface area contributed by atoms with Crippen LogP contribution in [0.15, 0.2) is 30.5 Å². The summed E-state index contributed by atoms with van der Waals surface area (Å²) in [5.74, 6) is 0.248.